The highest BCUT2D eigenvalue weighted by molar-refractivity contribution is 5.76. The van der Waals surface area contributed by atoms with Gasteiger partial charge in [0.05, 0.1) is 0 Å². The number of carbonyl (C=O) groups excluding carboxylic acids is 1. The Morgan fingerprint density at radius 1 is 1.35 bits per heavy atom. The van der Waals surface area contributed by atoms with E-state index in [9.17, 15) is 4.79 Å². The average Bonchev–Trinajstić information content (AvgIpc) is 3.08. The quantitative estimate of drug-likeness (QED) is 0.849. The predicted molar refractivity (Wildman–Crippen MR) is 91.2 cm³/mol. The third kappa shape index (κ3) is 4.21. The minimum atomic E-state index is 0.287. The van der Waals surface area contributed by atoms with Crippen molar-refractivity contribution >= 4 is 5.91 Å². The lowest BCUT2D eigenvalue weighted by atomic mass is 9.89. The van der Waals surface area contributed by atoms with Gasteiger partial charge in [0, 0.05) is 44.4 Å². The first-order valence-electron chi connectivity index (χ1n) is 8.54. The summed E-state index contributed by atoms with van der Waals surface area (Å²) in [5.74, 6) is 0.772. The molecule has 23 heavy (non-hydrogen) atoms. The van der Waals surface area contributed by atoms with Crippen LogP contribution in [0.3, 0.4) is 0 Å². The Morgan fingerprint density at radius 2 is 2.26 bits per heavy atom. The van der Waals surface area contributed by atoms with E-state index in [-0.39, 0.29) is 5.91 Å². The largest absolute Gasteiger partial charge is 0.342 e. The van der Waals surface area contributed by atoms with Crippen LogP contribution in [0.2, 0.25) is 0 Å². The van der Waals surface area contributed by atoms with Crippen LogP contribution in [0.5, 0.6) is 0 Å². The fourth-order valence-corrected chi connectivity index (χ4v) is 3.38. The number of rotatable bonds is 5. The van der Waals surface area contributed by atoms with Gasteiger partial charge in [-0.3, -0.25) is 9.48 Å². The van der Waals surface area contributed by atoms with Gasteiger partial charge in [-0.15, -0.1) is 0 Å². The molecule has 0 saturated carbocycles. The molecule has 4 nitrogen and oxygen atoms in total. The highest BCUT2D eigenvalue weighted by Crippen LogP contribution is 2.27. The third-order valence-corrected chi connectivity index (χ3v) is 4.62. The smallest absolute Gasteiger partial charge is 0.222 e. The zero-order chi connectivity index (χ0) is 16.1. The van der Waals surface area contributed by atoms with Crippen molar-refractivity contribution in [3.05, 3.63) is 53.9 Å². The lowest BCUT2D eigenvalue weighted by Gasteiger charge is -2.33. The van der Waals surface area contributed by atoms with Crippen LogP contribution >= 0.6 is 0 Å². The summed E-state index contributed by atoms with van der Waals surface area (Å²) in [6, 6.07) is 10.6. The zero-order valence-electron chi connectivity index (χ0n) is 13.8. The molecule has 1 amide bonds. The van der Waals surface area contributed by atoms with Crippen LogP contribution in [0, 0.1) is 6.92 Å². The number of hydrogen-bond donors (Lipinski definition) is 0. The van der Waals surface area contributed by atoms with E-state index in [4.69, 9.17) is 0 Å². The Hall–Kier alpha value is -2.10. The van der Waals surface area contributed by atoms with Gasteiger partial charge in [-0.2, -0.15) is 5.10 Å². The summed E-state index contributed by atoms with van der Waals surface area (Å²) < 4.78 is 1.89. The van der Waals surface area contributed by atoms with Gasteiger partial charge in [0.1, 0.15) is 0 Å². The van der Waals surface area contributed by atoms with Crippen LogP contribution in [0.1, 0.15) is 42.7 Å². The number of nitrogens with zero attached hydrogens (tertiary/aromatic N) is 3. The number of benzene rings is 1. The molecular weight excluding hydrogens is 286 g/mol. The third-order valence-electron chi connectivity index (χ3n) is 4.62. The van der Waals surface area contributed by atoms with Gasteiger partial charge in [-0.1, -0.05) is 29.8 Å². The van der Waals surface area contributed by atoms with Crippen molar-refractivity contribution < 1.29 is 4.79 Å². The van der Waals surface area contributed by atoms with E-state index >= 15 is 0 Å². The molecule has 0 radical (unpaired) electrons. The topological polar surface area (TPSA) is 38.1 Å². The van der Waals surface area contributed by atoms with Crippen molar-refractivity contribution in [2.45, 2.75) is 45.1 Å². The fourth-order valence-electron chi connectivity index (χ4n) is 3.38. The van der Waals surface area contributed by atoms with Crippen LogP contribution < -0.4 is 0 Å². The highest BCUT2D eigenvalue weighted by atomic mass is 16.2. The van der Waals surface area contributed by atoms with Crippen LogP contribution in [0.4, 0.5) is 0 Å². The monoisotopic (exact) mass is 311 g/mol. The van der Waals surface area contributed by atoms with E-state index in [0.717, 1.165) is 32.5 Å². The van der Waals surface area contributed by atoms with E-state index < -0.39 is 0 Å². The minimum absolute atomic E-state index is 0.287. The number of amides is 1. The molecule has 1 aromatic heterocycles. The first-order valence-corrected chi connectivity index (χ1v) is 8.54. The highest BCUT2D eigenvalue weighted by Gasteiger charge is 2.24. The summed E-state index contributed by atoms with van der Waals surface area (Å²) in [5.41, 5.74) is 2.67. The van der Waals surface area contributed by atoms with Gasteiger partial charge >= 0.3 is 0 Å². The van der Waals surface area contributed by atoms with E-state index in [2.05, 4.69) is 41.2 Å². The molecular formula is C19H25N3O. The van der Waals surface area contributed by atoms with Crippen molar-refractivity contribution in [2.75, 3.05) is 13.1 Å². The average molecular weight is 311 g/mol. The molecule has 1 saturated heterocycles. The summed E-state index contributed by atoms with van der Waals surface area (Å²) in [6.07, 6.45) is 7.47. The summed E-state index contributed by atoms with van der Waals surface area (Å²) in [6.45, 7) is 4.71. The second-order valence-corrected chi connectivity index (χ2v) is 6.47. The van der Waals surface area contributed by atoms with Crippen molar-refractivity contribution in [2.24, 2.45) is 0 Å². The maximum atomic E-state index is 12.5. The number of likely N-dealkylation sites (tertiary alicyclic amines) is 1. The zero-order valence-corrected chi connectivity index (χ0v) is 13.8. The molecule has 1 atom stereocenters. The van der Waals surface area contributed by atoms with Crippen molar-refractivity contribution in [1.29, 1.82) is 0 Å². The fraction of sp³-hybridized carbons (Fsp3) is 0.474. The molecule has 0 spiro atoms. The Balaban J connectivity index is 1.52. The van der Waals surface area contributed by atoms with E-state index in [1.54, 1.807) is 6.20 Å². The Morgan fingerprint density at radius 3 is 3.04 bits per heavy atom. The van der Waals surface area contributed by atoms with E-state index in [0.29, 0.717) is 12.3 Å². The summed E-state index contributed by atoms with van der Waals surface area (Å²) in [7, 11) is 0. The van der Waals surface area contributed by atoms with E-state index in [1.165, 1.54) is 17.5 Å². The second-order valence-electron chi connectivity index (χ2n) is 6.47. The summed E-state index contributed by atoms with van der Waals surface area (Å²) >= 11 is 0. The molecule has 2 heterocycles. The molecule has 122 valence electrons. The summed E-state index contributed by atoms with van der Waals surface area (Å²) in [4.78, 5) is 14.5. The Labute approximate surface area is 138 Å². The first kappa shape index (κ1) is 15.8. The Bertz CT molecular complexity index is 636. The molecule has 2 aromatic rings. The molecule has 1 aromatic carbocycles. The SMILES string of the molecule is Cc1cccc(C2CCCN(C(=O)CCCn3cccn3)C2)c1. The van der Waals surface area contributed by atoms with Crippen LogP contribution in [-0.2, 0) is 11.3 Å². The molecule has 4 heteroatoms. The molecule has 1 fully saturated rings. The minimum Gasteiger partial charge on any atom is -0.342 e. The Kier molecular flexibility index (Phi) is 5.11. The van der Waals surface area contributed by atoms with Crippen molar-refractivity contribution in [3.63, 3.8) is 0 Å². The van der Waals surface area contributed by atoms with Crippen molar-refractivity contribution in [1.82, 2.24) is 14.7 Å². The van der Waals surface area contributed by atoms with Crippen LogP contribution in [0.15, 0.2) is 42.7 Å². The lowest BCUT2D eigenvalue weighted by molar-refractivity contribution is -0.132. The molecule has 0 aliphatic carbocycles. The molecule has 1 aliphatic heterocycles. The van der Waals surface area contributed by atoms with Gasteiger partial charge in [0.25, 0.3) is 0 Å². The lowest BCUT2D eigenvalue weighted by Crippen LogP contribution is -2.39. The van der Waals surface area contributed by atoms with Gasteiger partial charge in [-0.05, 0) is 37.8 Å². The molecule has 0 bridgehead atoms. The standard InChI is InChI=1S/C19H25N3O/c1-16-6-2-7-17(14-16)18-8-3-11-21(15-18)19(23)9-4-12-22-13-5-10-20-22/h2,5-7,10,13-14,18H,3-4,8-9,11-12,15H2,1H3. The van der Waals surface area contributed by atoms with Crippen LogP contribution in [0.25, 0.3) is 0 Å². The number of piperidine rings is 1. The van der Waals surface area contributed by atoms with Crippen molar-refractivity contribution in [3.8, 4) is 0 Å². The number of hydrogen-bond acceptors (Lipinski definition) is 2. The predicted octanol–water partition coefficient (Wildman–Crippen LogP) is 3.38. The number of aryl methyl sites for hydroxylation is 2. The first-order chi connectivity index (χ1) is 11.2. The van der Waals surface area contributed by atoms with E-state index in [1.807, 2.05) is 16.9 Å². The van der Waals surface area contributed by atoms with Gasteiger partial charge in [0.15, 0.2) is 0 Å². The normalized spacial score (nSPS) is 18.1. The molecule has 1 aliphatic rings. The maximum Gasteiger partial charge on any atom is 0.222 e. The van der Waals surface area contributed by atoms with Gasteiger partial charge < -0.3 is 4.90 Å². The van der Waals surface area contributed by atoms with Gasteiger partial charge in [-0.25, -0.2) is 0 Å². The number of carbonyl (C=O) groups is 1. The van der Waals surface area contributed by atoms with Crippen LogP contribution in [-0.4, -0.2) is 33.7 Å². The van der Waals surface area contributed by atoms with Gasteiger partial charge in [0.2, 0.25) is 5.91 Å². The summed E-state index contributed by atoms with van der Waals surface area (Å²) in [5, 5.41) is 4.18. The molecule has 0 N–H and O–H groups in total. The second kappa shape index (κ2) is 7.44. The molecule has 1 unspecified atom stereocenters. The maximum absolute atomic E-state index is 12.5. The molecule has 3 rings (SSSR count). The number of aromatic nitrogens is 2.